The van der Waals surface area contributed by atoms with Gasteiger partial charge < -0.3 is 4.74 Å². The highest BCUT2D eigenvalue weighted by molar-refractivity contribution is 7.93. The Balaban J connectivity index is 2.82. The average Bonchev–Trinajstić information content (AvgIpc) is 2.33. The van der Waals surface area contributed by atoms with Gasteiger partial charge in [-0.15, -0.1) is 0 Å². The van der Waals surface area contributed by atoms with Crippen LogP contribution in [0.5, 0.6) is 0 Å². The normalized spacial score (nSPS) is 12.7. The van der Waals surface area contributed by atoms with E-state index in [1.54, 1.807) is 44.4 Å². The molecule has 0 heterocycles. The zero-order valence-electron chi connectivity index (χ0n) is 10.4. The lowest BCUT2D eigenvalue weighted by molar-refractivity contribution is 0.185. The van der Waals surface area contributed by atoms with Crippen LogP contribution in [0, 0.1) is 11.3 Å². The van der Waals surface area contributed by atoms with E-state index in [1.165, 1.54) is 0 Å². The minimum atomic E-state index is -3.64. The number of nitrogens with zero attached hydrogens (tertiary/aromatic N) is 1. The monoisotopic (exact) mass is 268 g/mol. The average molecular weight is 268 g/mol. The molecule has 0 radical (unpaired) electrons. The van der Waals surface area contributed by atoms with Crippen LogP contribution in [0.1, 0.15) is 18.9 Å². The Morgan fingerprint density at radius 1 is 1.39 bits per heavy atom. The second-order valence-electron chi connectivity index (χ2n) is 3.80. The molecule has 0 fully saturated rings. The van der Waals surface area contributed by atoms with Gasteiger partial charge in [0.25, 0.3) is 0 Å². The van der Waals surface area contributed by atoms with E-state index < -0.39 is 15.3 Å². The van der Waals surface area contributed by atoms with Crippen molar-refractivity contribution in [2.45, 2.75) is 25.2 Å². The molecule has 1 atom stereocenters. The summed E-state index contributed by atoms with van der Waals surface area (Å²) in [6.07, 6.45) is 0.258. The Morgan fingerprint density at radius 3 is 2.44 bits per heavy atom. The molecule has 0 amide bonds. The van der Waals surface area contributed by atoms with Crippen molar-refractivity contribution in [1.29, 1.82) is 5.26 Å². The first-order valence-electron chi connectivity index (χ1n) is 5.52. The Morgan fingerprint density at radius 2 is 2.00 bits per heavy atom. The number of ether oxygens (including phenoxy) is 1. The third kappa shape index (κ3) is 3.72. The van der Waals surface area contributed by atoms with Crippen LogP contribution >= 0.6 is 0 Å². The predicted octanol–water partition coefficient (Wildman–Crippen LogP) is 1.88. The minimum absolute atomic E-state index is 0.258. The predicted molar refractivity (Wildman–Crippen MR) is 69.4 cm³/mol. The van der Waals surface area contributed by atoms with Crippen LogP contribution in [0.25, 0.3) is 0 Å². The quantitative estimate of drug-likeness (QED) is 0.854. The zero-order valence-corrected chi connectivity index (χ0v) is 11.2. The van der Waals surface area contributed by atoms with Gasteiger partial charge in [0.15, 0.2) is 5.25 Å². The highest BCUT2D eigenvalue weighted by atomic mass is 32.2. The number of hydrogen-bond acceptors (Lipinski definition) is 4. The Hall–Kier alpha value is -1.58. The third-order valence-corrected chi connectivity index (χ3v) is 4.12. The van der Waals surface area contributed by atoms with Crippen LogP contribution in [0.3, 0.4) is 0 Å². The number of benzene rings is 1. The molecule has 0 bridgehead atoms. The number of nitriles is 1. The SMILES string of the molecule is CCC(C#N)S(=O)(=O)Nc1ccc(COC)cc1. The van der Waals surface area contributed by atoms with Gasteiger partial charge in [-0.2, -0.15) is 5.26 Å². The summed E-state index contributed by atoms with van der Waals surface area (Å²) in [4.78, 5) is 0. The van der Waals surface area contributed by atoms with Gasteiger partial charge >= 0.3 is 0 Å². The van der Waals surface area contributed by atoms with Crippen molar-refractivity contribution < 1.29 is 13.2 Å². The Kier molecular flexibility index (Phi) is 5.13. The Labute approximate surface area is 107 Å². The molecule has 5 nitrogen and oxygen atoms in total. The summed E-state index contributed by atoms with van der Waals surface area (Å²) in [6, 6.07) is 8.62. The molecule has 0 aliphatic carbocycles. The molecule has 98 valence electrons. The molecule has 1 aromatic rings. The molecule has 0 spiro atoms. The van der Waals surface area contributed by atoms with E-state index in [2.05, 4.69) is 4.72 Å². The second-order valence-corrected chi connectivity index (χ2v) is 5.67. The highest BCUT2D eigenvalue weighted by Crippen LogP contribution is 2.15. The molecule has 1 rings (SSSR count). The van der Waals surface area contributed by atoms with Crippen LogP contribution in [-0.2, 0) is 21.4 Å². The molecule has 0 aliphatic rings. The van der Waals surface area contributed by atoms with Crippen molar-refractivity contribution >= 4 is 15.7 Å². The lowest BCUT2D eigenvalue weighted by Crippen LogP contribution is -2.25. The van der Waals surface area contributed by atoms with Gasteiger partial charge in [0, 0.05) is 12.8 Å². The molecule has 18 heavy (non-hydrogen) atoms. The molecule has 0 saturated carbocycles. The number of anilines is 1. The zero-order chi connectivity index (χ0) is 13.6. The van der Waals surface area contributed by atoms with Crippen molar-refractivity contribution in [3.8, 4) is 6.07 Å². The summed E-state index contributed by atoms with van der Waals surface area (Å²) >= 11 is 0. The highest BCUT2D eigenvalue weighted by Gasteiger charge is 2.23. The largest absolute Gasteiger partial charge is 0.380 e. The van der Waals surface area contributed by atoms with Gasteiger partial charge in [-0.3, -0.25) is 4.72 Å². The molecule has 1 N–H and O–H groups in total. The molecule has 6 heteroatoms. The van der Waals surface area contributed by atoms with Crippen LogP contribution in [-0.4, -0.2) is 20.8 Å². The van der Waals surface area contributed by atoms with E-state index >= 15 is 0 Å². The Bertz CT molecular complexity index is 517. The molecule has 1 aromatic carbocycles. The maximum absolute atomic E-state index is 11.8. The number of rotatable bonds is 6. The van der Waals surface area contributed by atoms with Crippen molar-refractivity contribution in [3.63, 3.8) is 0 Å². The fourth-order valence-corrected chi connectivity index (χ4v) is 2.64. The van der Waals surface area contributed by atoms with E-state index in [-0.39, 0.29) is 6.42 Å². The van der Waals surface area contributed by atoms with Crippen LogP contribution in [0.2, 0.25) is 0 Å². The maximum Gasteiger partial charge on any atom is 0.249 e. The molecule has 1 unspecified atom stereocenters. The molecular formula is C12H16N2O3S. The van der Waals surface area contributed by atoms with E-state index in [4.69, 9.17) is 10.00 Å². The molecule has 0 aromatic heterocycles. The summed E-state index contributed by atoms with van der Waals surface area (Å²) in [7, 11) is -2.05. The van der Waals surface area contributed by atoms with E-state index in [9.17, 15) is 8.42 Å². The lowest BCUT2D eigenvalue weighted by Gasteiger charge is -2.11. The third-order valence-electron chi connectivity index (χ3n) is 2.41. The topological polar surface area (TPSA) is 79.2 Å². The van der Waals surface area contributed by atoms with Gasteiger partial charge in [-0.25, -0.2) is 8.42 Å². The van der Waals surface area contributed by atoms with Crippen LogP contribution in [0.15, 0.2) is 24.3 Å². The van der Waals surface area contributed by atoms with Gasteiger partial charge in [-0.05, 0) is 24.1 Å². The first-order valence-corrected chi connectivity index (χ1v) is 7.07. The van der Waals surface area contributed by atoms with E-state index in [0.717, 1.165) is 5.56 Å². The van der Waals surface area contributed by atoms with Gasteiger partial charge in [0.2, 0.25) is 10.0 Å². The van der Waals surface area contributed by atoms with Crippen molar-refractivity contribution in [1.82, 2.24) is 0 Å². The first-order chi connectivity index (χ1) is 8.53. The number of methoxy groups -OCH3 is 1. The molecular weight excluding hydrogens is 252 g/mol. The standard InChI is InChI=1S/C12H16N2O3S/c1-3-12(8-13)18(15,16)14-11-6-4-10(5-7-11)9-17-2/h4-7,12,14H,3,9H2,1-2H3. The van der Waals surface area contributed by atoms with Gasteiger partial charge in [0.05, 0.1) is 12.7 Å². The number of sulfonamides is 1. The van der Waals surface area contributed by atoms with Crippen molar-refractivity contribution in [2.24, 2.45) is 0 Å². The lowest BCUT2D eigenvalue weighted by atomic mass is 10.2. The minimum Gasteiger partial charge on any atom is -0.380 e. The second kappa shape index (κ2) is 6.38. The fraction of sp³-hybridized carbons (Fsp3) is 0.417. The summed E-state index contributed by atoms with van der Waals surface area (Å²) in [5.74, 6) is 0. The van der Waals surface area contributed by atoms with E-state index in [1.807, 2.05) is 0 Å². The van der Waals surface area contributed by atoms with Gasteiger partial charge in [-0.1, -0.05) is 19.1 Å². The van der Waals surface area contributed by atoms with Crippen molar-refractivity contribution in [2.75, 3.05) is 11.8 Å². The number of hydrogen-bond donors (Lipinski definition) is 1. The molecule has 0 saturated heterocycles. The summed E-state index contributed by atoms with van der Waals surface area (Å²) in [5, 5.41) is 7.74. The van der Waals surface area contributed by atoms with Gasteiger partial charge in [0.1, 0.15) is 0 Å². The molecule has 0 aliphatic heterocycles. The van der Waals surface area contributed by atoms with E-state index in [0.29, 0.717) is 12.3 Å². The summed E-state index contributed by atoms with van der Waals surface area (Å²) in [6.45, 7) is 2.14. The maximum atomic E-state index is 11.8. The van der Waals surface area contributed by atoms with Crippen LogP contribution in [0.4, 0.5) is 5.69 Å². The summed E-state index contributed by atoms with van der Waals surface area (Å²) in [5.41, 5.74) is 1.40. The number of nitrogens with one attached hydrogen (secondary N) is 1. The van der Waals surface area contributed by atoms with Crippen LogP contribution < -0.4 is 4.72 Å². The first kappa shape index (κ1) is 14.5. The smallest absolute Gasteiger partial charge is 0.249 e. The van der Waals surface area contributed by atoms with Crippen molar-refractivity contribution in [3.05, 3.63) is 29.8 Å². The fourth-order valence-electron chi connectivity index (χ4n) is 1.45. The summed E-state index contributed by atoms with van der Waals surface area (Å²) < 4.78 is 31.0.